The molecule has 0 spiro atoms. The molecule has 0 radical (unpaired) electrons. The molecule has 102 valence electrons. The van der Waals surface area contributed by atoms with Crippen LogP contribution in [0.25, 0.3) is 0 Å². The summed E-state index contributed by atoms with van der Waals surface area (Å²) < 4.78 is 5.18. The summed E-state index contributed by atoms with van der Waals surface area (Å²) in [5.74, 6) is 0.594. The number of morpholine rings is 1. The fourth-order valence-electron chi connectivity index (χ4n) is 1.56. The van der Waals surface area contributed by atoms with E-state index in [1.807, 2.05) is 32.9 Å². The van der Waals surface area contributed by atoms with Crippen molar-refractivity contribution in [3.05, 3.63) is 23.9 Å². The maximum absolute atomic E-state index is 11.8. The van der Waals surface area contributed by atoms with Gasteiger partial charge < -0.3 is 9.64 Å². The molecular weight excluding hydrogens is 230 g/mol. The van der Waals surface area contributed by atoms with Gasteiger partial charge in [-0.3, -0.25) is 5.32 Å². The van der Waals surface area contributed by atoms with Crippen LogP contribution in [0.15, 0.2) is 18.3 Å². The van der Waals surface area contributed by atoms with Gasteiger partial charge in [-0.05, 0) is 24.6 Å². The van der Waals surface area contributed by atoms with Crippen molar-refractivity contribution < 1.29 is 11.0 Å². The van der Waals surface area contributed by atoms with Crippen LogP contribution < -0.4 is 5.32 Å². The highest BCUT2D eigenvalue weighted by Gasteiger charge is 2.16. The molecule has 0 saturated carbocycles. The Morgan fingerprint density at radius 2 is 2.11 bits per heavy atom. The lowest BCUT2D eigenvalue weighted by Gasteiger charge is -2.26. The van der Waals surface area contributed by atoms with Crippen LogP contribution in [0.4, 0.5) is 10.6 Å². The Bertz CT molecular complexity index is 382. The topological polar surface area (TPSA) is 54.5 Å². The summed E-state index contributed by atoms with van der Waals surface area (Å²) in [6.45, 7) is 8.45. The number of hydrogen-bond donors (Lipinski definition) is 1. The van der Waals surface area contributed by atoms with Gasteiger partial charge in [0, 0.05) is 20.7 Å². The molecular formula is C13H23N3O2. The van der Waals surface area contributed by atoms with E-state index in [9.17, 15) is 4.79 Å². The molecule has 0 aromatic carbocycles. The monoisotopic (exact) mass is 253 g/mol. The standard InChI is InChI=1S/C11H15N3O2.C2H6.H2/c1-9-2-3-12-10(8-9)13-11(15)14-4-6-16-7-5-14;1-2;/h2-3,8H,4-7H2,1H3,(H,12,13,15);1-2H3;1H. The van der Waals surface area contributed by atoms with E-state index in [0.717, 1.165) is 5.56 Å². The first-order valence-electron chi connectivity index (χ1n) is 6.32. The highest BCUT2D eigenvalue weighted by molar-refractivity contribution is 5.88. The third-order valence-corrected chi connectivity index (χ3v) is 2.45. The minimum Gasteiger partial charge on any atom is -0.378 e. The largest absolute Gasteiger partial charge is 0.378 e. The summed E-state index contributed by atoms with van der Waals surface area (Å²) in [5.41, 5.74) is 1.08. The van der Waals surface area contributed by atoms with Crippen LogP contribution in [-0.4, -0.2) is 42.2 Å². The molecule has 1 fully saturated rings. The summed E-state index contributed by atoms with van der Waals surface area (Å²) in [5, 5.41) is 2.77. The van der Waals surface area contributed by atoms with Gasteiger partial charge in [-0.1, -0.05) is 13.8 Å². The number of rotatable bonds is 1. The van der Waals surface area contributed by atoms with Gasteiger partial charge >= 0.3 is 6.03 Å². The number of hydrogen-bond acceptors (Lipinski definition) is 3. The van der Waals surface area contributed by atoms with Crippen molar-refractivity contribution >= 4 is 11.8 Å². The Kier molecular flexibility index (Phi) is 6.14. The van der Waals surface area contributed by atoms with E-state index < -0.39 is 0 Å². The highest BCUT2D eigenvalue weighted by atomic mass is 16.5. The number of carbonyl (C=O) groups excluding carboxylic acids is 1. The van der Waals surface area contributed by atoms with Crippen molar-refractivity contribution in [1.29, 1.82) is 0 Å². The zero-order chi connectivity index (χ0) is 13.4. The molecule has 0 atom stereocenters. The van der Waals surface area contributed by atoms with Crippen molar-refractivity contribution in [3.63, 3.8) is 0 Å². The summed E-state index contributed by atoms with van der Waals surface area (Å²) in [4.78, 5) is 17.6. The third-order valence-electron chi connectivity index (χ3n) is 2.45. The minimum atomic E-state index is -0.110. The van der Waals surface area contributed by atoms with E-state index in [2.05, 4.69) is 10.3 Å². The molecule has 5 nitrogen and oxygen atoms in total. The number of ether oxygens (including phenoxy) is 1. The second kappa shape index (κ2) is 7.66. The maximum Gasteiger partial charge on any atom is 0.323 e. The molecule has 0 bridgehead atoms. The molecule has 1 aliphatic rings. The quantitative estimate of drug-likeness (QED) is 0.836. The first kappa shape index (κ1) is 14.4. The molecule has 0 aliphatic carbocycles. The zero-order valence-electron chi connectivity index (χ0n) is 11.3. The maximum atomic E-state index is 11.8. The number of pyridine rings is 1. The molecule has 18 heavy (non-hydrogen) atoms. The van der Waals surface area contributed by atoms with Crippen molar-refractivity contribution in [2.24, 2.45) is 0 Å². The van der Waals surface area contributed by atoms with Crippen molar-refractivity contribution in [1.82, 2.24) is 9.88 Å². The lowest BCUT2D eigenvalue weighted by atomic mass is 10.3. The molecule has 2 heterocycles. The van der Waals surface area contributed by atoms with E-state index in [0.29, 0.717) is 32.1 Å². The molecule has 1 N–H and O–H groups in total. The average Bonchev–Trinajstić information content (AvgIpc) is 2.42. The average molecular weight is 253 g/mol. The van der Waals surface area contributed by atoms with Crippen LogP contribution >= 0.6 is 0 Å². The first-order chi connectivity index (χ1) is 8.75. The van der Waals surface area contributed by atoms with Gasteiger partial charge in [0.25, 0.3) is 0 Å². The molecule has 1 saturated heterocycles. The summed E-state index contributed by atoms with van der Waals surface area (Å²) in [6, 6.07) is 3.63. The van der Waals surface area contributed by atoms with Crippen LogP contribution in [-0.2, 0) is 4.74 Å². The van der Waals surface area contributed by atoms with Crippen LogP contribution in [0.5, 0.6) is 0 Å². The van der Waals surface area contributed by atoms with Crippen LogP contribution in [0.2, 0.25) is 0 Å². The smallest absolute Gasteiger partial charge is 0.323 e. The molecule has 1 aromatic heterocycles. The molecule has 2 rings (SSSR count). The van der Waals surface area contributed by atoms with Gasteiger partial charge in [-0.25, -0.2) is 9.78 Å². The van der Waals surface area contributed by atoms with Crippen molar-refractivity contribution in [2.45, 2.75) is 20.8 Å². The lowest BCUT2D eigenvalue weighted by molar-refractivity contribution is 0.0564. The van der Waals surface area contributed by atoms with Gasteiger partial charge in [-0.2, -0.15) is 0 Å². The second-order valence-corrected chi connectivity index (χ2v) is 3.75. The zero-order valence-corrected chi connectivity index (χ0v) is 11.3. The van der Waals surface area contributed by atoms with E-state index in [4.69, 9.17) is 4.74 Å². The Balaban J connectivity index is 0.00000103. The Morgan fingerprint density at radius 1 is 1.44 bits per heavy atom. The number of aromatic nitrogens is 1. The van der Waals surface area contributed by atoms with Crippen LogP contribution in [0.1, 0.15) is 20.8 Å². The normalized spacial score (nSPS) is 14.5. The van der Waals surface area contributed by atoms with Crippen LogP contribution in [0.3, 0.4) is 0 Å². The van der Waals surface area contributed by atoms with Crippen molar-refractivity contribution in [3.8, 4) is 0 Å². The third kappa shape index (κ3) is 4.33. The first-order valence-corrected chi connectivity index (χ1v) is 6.32. The molecule has 2 amide bonds. The lowest BCUT2D eigenvalue weighted by Crippen LogP contribution is -2.43. The second-order valence-electron chi connectivity index (χ2n) is 3.75. The number of anilines is 1. The fourth-order valence-corrected chi connectivity index (χ4v) is 1.56. The molecule has 1 aromatic rings. The number of urea groups is 1. The van der Waals surface area contributed by atoms with E-state index in [1.54, 1.807) is 11.1 Å². The number of amides is 2. The fraction of sp³-hybridized carbons (Fsp3) is 0.538. The van der Waals surface area contributed by atoms with E-state index >= 15 is 0 Å². The SMILES string of the molecule is CC.Cc1ccnc(NC(=O)N2CCOCC2)c1.[HH]. The van der Waals surface area contributed by atoms with Gasteiger partial charge in [0.15, 0.2) is 0 Å². The summed E-state index contributed by atoms with van der Waals surface area (Å²) >= 11 is 0. The summed E-state index contributed by atoms with van der Waals surface area (Å²) in [7, 11) is 0. The van der Waals surface area contributed by atoms with Gasteiger partial charge in [0.2, 0.25) is 0 Å². The number of aryl methyl sites for hydroxylation is 1. The van der Waals surface area contributed by atoms with Gasteiger partial charge in [0.05, 0.1) is 13.2 Å². The number of carbonyl (C=O) groups is 1. The Hall–Kier alpha value is -1.62. The van der Waals surface area contributed by atoms with E-state index in [-0.39, 0.29) is 7.46 Å². The predicted octanol–water partition coefficient (Wildman–Crippen LogP) is 2.53. The number of nitrogens with one attached hydrogen (secondary N) is 1. The number of nitrogens with zero attached hydrogens (tertiary/aromatic N) is 2. The van der Waals surface area contributed by atoms with Gasteiger partial charge in [0.1, 0.15) is 5.82 Å². The van der Waals surface area contributed by atoms with Crippen molar-refractivity contribution in [2.75, 3.05) is 31.6 Å². The molecule has 5 heteroatoms. The Morgan fingerprint density at radius 3 is 2.72 bits per heavy atom. The predicted molar refractivity (Wildman–Crippen MR) is 73.8 cm³/mol. The highest BCUT2D eigenvalue weighted by Crippen LogP contribution is 2.07. The minimum absolute atomic E-state index is 0. The molecule has 1 aliphatic heterocycles. The van der Waals surface area contributed by atoms with Gasteiger partial charge in [-0.15, -0.1) is 0 Å². The Labute approximate surface area is 110 Å². The van der Waals surface area contributed by atoms with E-state index in [1.165, 1.54) is 0 Å². The van der Waals surface area contributed by atoms with Crippen LogP contribution in [0, 0.1) is 6.92 Å². The summed E-state index contributed by atoms with van der Waals surface area (Å²) in [6.07, 6.45) is 1.68. The molecule has 0 unspecified atom stereocenters.